The molecule has 1 aliphatic rings. The first-order chi connectivity index (χ1) is 16.9. The zero-order valence-electron chi connectivity index (χ0n) is 19.4. The van der Waals surface area contributed by atoms with Crippen LogP contribution in [0.4, 0.5) is 11.4 Å². The van der Waals surface area contributed by atoms with Gasteiger partial charge >= 0.3 is 0 Å². The lowest BCUT2D eigenvalue weighted by Gasteiger charge is -2.25. The molecule has 1 fully saturated rings. The number of Topliss-reactive ketones (excluding diaryl/α,β-unsaturated/α-hetero) is 1. The molecule has 0 bridgehead atoms. The number of nitrogens with one attached hydrogen (secondary N) is 1. The Labute approximate surface area is 202 Å². The highest BCUT2D eigenvalue weighted by molar-refractivity contribution is 6.51. The van der Waals surface area contributed by atoms with Crippen molar-refractivity contribution in [3.8, 4) is 5.75 Å². The van der Waals surface area contributed by atoms with Gasteiger partial charge in [-0.3, -0.25) is 24.3 Å². The summed E-state index contributed by atoms with van der Waals surface area (Å²) >= 11 is 0. The number of rotatable bonds is 7. The SMILES string of the molecule is CCCOc1ccc(/C(O)=C2/C(=O)C(=O)N(c3ccc(NC(C)=O)cc3)C2c2ccncc2)cc1. The summed E-state index contributed by atoms with van der Waals surface area (Å²) in [5.74, 6) is -1.40. The molecule has 4 rings (SSSR count). The molecule has 1 unspecified atom stereocenters. The van der Waals surface area contributed by atoms with E-state index in [4.69, 9.17) is 4.74 Å². The summed E-state index contributed by atoms with van der Waals surface area (Å²) in [6.07, 6.45) is 3.99. The van der Waals surface area contributed by atoms with E-state index >= 15 is 0 Å². The molecule has 2 aromatic carbocycles. The molecule has 0 aliphatic carbocycles. The molecule has 8 heteroatoms. The molecule has 1 saturated heterocycles. The number of pyridine rings is 1. The van der Waals surface area contributed by atoms with Crippen LogP contribution >= 0.6 is 0 Å². The van der Waals surface area contributed by atoms with Gasteiger partial charge in [-0.15, -0.1) is 0 Å². The van der Waals surface area contributed by atoms with Crippen molar-refractivity contribution in [3.63, 3.8) is 0 Å². The molecular formula is C27H25N3O5. The number of nitrogens with zero attached hydrogens (tertiary/aromatic N) is 2. The quantitative estimate of drug-likeness (QED) is 0.299. The van der Waals surface area contributed by atoms with E-state index in [2.05, 4.69) is 10.3 Å². The first-order valence-corrected chi connectivity index (χ1v) is 11.2. The zero-order chi connectivity index (χ0) is 24.9. The summed E-state index contributed by atoms with van der Waals surface area (Å²) in [5.41, 5.74) is 2.00. The molecule has 1 aromatic heterocycles. The molecule has 3 aromatic rings. The maximum Gasteiger partial charge on any atom is 0.300 e. The van der Waals surface area contributed by atoms with Crippen LogP contribution in [0.15, 0.2) is 78.6 Å². The Kier molecular flexibility index (Phi) is 6.91. The van der Waals surface area contributed by atoms with Crippen LogP contribution in [0.2, 0.25) is 0 Å². The number of aliphatic hydroxyl groups excluding tert-OH is 1. The van der Waals surface area contributed by atoms with Crippen molar-refractivity contribution in [2.75, 3.05) is 16.8 Å². The van der Waals surface area contributed by atoms with E-state index in [9.17, 15) is 19.5 Å². The zero-order valence-corrected chi connectivity index (χ0v) is 19.4. The number of hydrogen-bond acceptors (Lipinski definition) is 6. The number of aromatic nitrogens is 1. The van der Waals surface area contributed by atoms with Crippen molar-refractivity contribution in [2.24, 2.45) is 0 Å². The van der Waals surface area contributed by atoms with Gasteiger partial charge in [0.05, 0.1) is 18.2 Å². The van der Waals surface area contributed by atoms with Crippen LogP contribution in [0.1, 0.15) is 37.4 Å². The average Bonchev–Trinajstić information content (AvgIpc) is 3.13. The Hall–Kier alpha value is -4.46. The van der Waals surface area contributed by atoms with Gasteiger partial charge < -0.3 is 15.2 Å². The first kappa shape index (κ1) is 23.7. The Morgan fingerprint density at radius 3 is 2.29 bits per heavy atom. The highest BCUT2D eigenvalue weighted by atomic mass is 16.5. The van der Waals surface area contributed by atoms with Gasteiger partial charge in [0.25, 0.3) is 11.7 Å². The van der Waals surface area contributed by atoms with Gasteiger partial charge in [0, 0.05) is 36.3 Å². The number of carbonyl (C=O) groups is 3. The van der Waals surface area contributed by atoms with E-state index in [-0.39, 0.29) is 17.2 Å². The molecule has 8 nitrogen and oxygen atoms in total. The predicted octanol–water partition coefficient (Wildman–Crippen LogP) is 4.46. The molecule has 178 valence electrons. The normalized spacial score (nSPS) is 16.9. The van der Waals surface area contributed by atoms with Crippen molar-refractivity contribution in [1.82, 2.24) is 4.98 Å². The minimum atomic E-state index is -0.861. The minimum absolute atomic E-state index is 0.0191. The summed E-state index contributed by atoms with van der Waals surface area (Å²) in [5, 5.41) is 13.9. The van der Waals surface area contributed by atoms with Crippen LogP contribution in [0.25, 0.3) is 5.76 Å². The predicted molar refractivity (Wildman–Crippen MR) is 132 cm³/mol. The molecule has 0 radical (unpaired) electrons. The van der Waals surface area contributed by atoms with Crippen LogP contribution in [0.5, 0.6) is 5.75 Å². The lowest BCUT2D eigenvalue weighted by Crippen LogP contribution is -2.29. The van der Waals surface area contributed by atoms with Gasteiger partial charge in [-0.05, 0) is 72.6 Å². The van der Waals surface area contributed by atoms with Gasteiger partial charge in [-0.1, -0.05) is 6.92 Å². The second-order valence-electron chi connectivity index (χ2n) is 8.05. The molecule has 2 amide bonds. The number of benzene rings is 2. The number of aliphatic hydroxyl groups is 1. The Bertz CT molecular complexity index is 1270. The van der Waals surface area contributed by atoms with Crippen LogP contribution in [0, 0.1) is 0 Å². The highest BCUT2D eigenvalue weighted by Crippen LogP contribution is 2.42. The fraction of sp³-hybridized carbons (Fsp3) is 0.185. The van der Waals surface area contributed by atoms with E-state index in [1.54, 1.807) is 73.1 Å². The van der Waals surface area contributed by atoms with E-state index in [1.165, 1.54) is 11.8 Å². The summed E-state index contributed by atoms with van der Waals surface area (Å²) in [6, 6.07) is 15.8. The molecule has 1 atom stereocenters. The number of ketones is 1. The van der Waals surface area contributed by atoms with Crippen LogP contribution in [-0.4, -0.2) is 34.3 Å². The molecule has 0 spiro atoms. The average molecular weight is 472 g/mol. The maximum atomic E-state index is 13.2. The number of ether oxygens (including phenoxy) is 1. The summed E-state index contributed by atoms with van der Waals surface area (Å²) in [7, 11) is 0. The third kappa shape index (κ3) is 4.91. The van der Waals surface area contributed by atoms with Crippen LogP contribution < -0.4 is 15.0 Å². The van der Waals surface area contributed by atoms with Crippen LogP contribution in [-0.2, 0) is 14.4 Å². The lowest BCUT2D eigenvalue weighted by atomic mass is 9.95. The van der Waals surface area contributed by atoms with Crippen LogP contribution in [0.3, 0.4) is 0 Å². The van der Waals surface area contributed by atoms with E-state index in [0.717, 1.165) is 6.42 Å². The molecular weight excluding hydrogens is 446 g/mol. The molecule has 0 saturated carbocycles. The minimum Gasteiger partial charge on any atom is -0.507 e. The molecule has 35 heavy (non-hydrogen) atoms. The van der Waals surface area contributed by atoms with Gasteiger partial charge in [0.15, 0.2) is 0 Å². The number of anilines is 2. The number of hydrogen-bond donors (Lipinski definition) is 2. The second-order valence-corrected chi connectivity index (χ2v) is 8.05. The molecule has 1 aliphatic heterocycles. The molecule has 2 N–H and O–H groups in total. The largest absolute Gasteiger partial charge is 0.507 e. The number of amides is 2. The fourth-order valence-corrected chi connectivity index (χ4v) is 3.95. The Morgan fingerprint density at radius 2 is 1.69 bits per heavy atom. The highest BCUT2D eigenvalue weighted by Gasteiger charge is 2.46. The van der Waals surface area contributed by atoms with Gasteiger partial charge in [0.1, 0.15) is 11.5 Å². The smallest absolute Gasteiger partial charge is 0.300 e. The van der Waals surface area contributed by atoms with Gasteiger partial charge in [-0.25, -0.2) is 0 Å². The van der Waals surface area contributed by atoms with Gasteiger partial charge in [-0.2, -0.15) is 0 Å². The topological polar surface area (TPSA) is 109 Å². The standard InChI is InChI=1S/C27H25N3O5/c1-3-16-35-22-10-4-19(5-11-22)25(32)23-24(18-12-14-28-15-13-18)30(27(34)26(23)33)21-8-6-20(7-9-21)29-17(2)31/h4-15,24,32H,3,16H2,1-2H3,(H,29,31)/b25-23-. The summed E-state index contributed by atoms with van der Waals surface area (Å²) in [4.78, 5) is 43.1. The van der Waals surface area contributed by atoms with Crippen molar-refractivity contribution >= 4 is 34.7 Å². The van der Waals surface area contributed by atoms with Crippen molar-refractivity contribution in [3.05, 3.63) is 89.8 Å². The Balaban J connectivity index is 1.79. The van der Waals surface area contributed by atoms with E-state index in [1.807, 2.05) is 6.92 Å². The third-order valence-corrected chi connectivity index (χ3v) is 5.53. The lowest BCUT2D eigenvalue weighted by molar-refractivity contribution is -0.132. The third-order valence-electron chi connectivity index (χ3n) is 5.53. The summed E-state index contributed by atoms with van der Waals surface area (Å²) in [6.45, 7) is 3.98. The maximum absolute atomic E-state index is 13.2. The Morgan fingerprint density at radius 1 is 1.03 bits per heavy atom. The van der Waals surface area contributed by atoms with Crippen molar-refractivity contribution in [2.45, 2.75) is 26.3 Å². The van der Waals surface area contributed by atoms with Crippen molar-refractivity contribution < 1.29 is 24.2 Å². The summed E-state index contributed by atoms with van der Waals surface area (Å²) < 4.78 is 5.59. The second kappa shape index (κ2) is 10.2. The molecule has 2 heterocycles. The first-order valence-electron chi connectivity index (χ1n) is 11.2. The van der Waals surface area contributed by atoms with E-state index in [0.29, 0.717) is 34.9 Å². The number of carbonyl (C=O) groups excluding carboxylic acids is 3. The van der Waals surface area contributed by atoms with Gasteiger partial charge in [0.2, 0.25) is 5.91 Å². The van der Waals surface area contributed by atoms with E-state index < -0.39 is 17.7 Å². The van der Waals surface area contributed by atoms with Crippen molar-refractivity contribution in [1.29, 1.82) is 0 Å². The fourth-order valence-electron chi connectivity index (χ4n) is 3.95. The monoisotopic (exact) mass is 471 g/mol.